The summed E-state index contributed by atoms with van der Waals surface area (Å²) in [6, 6.07) is 10.9. The van der Waals surface area contributed by atoms with Crippen LogP contribution in [0.25, 0.3) is 10.2 Å². The van der Waals surface area contributed by atoms with Gasteiger partial charge in [-0.3, -0.25) is 9.69 Å². The van der Waals surface area contributed by atoms with Gasteiger partial charge in [0.1, 0.15) is 17.0 Å². The van der Waals surface area contributed by atoms with E-state index in [1.54, 1.807) is 36.3 Å². The molecule has 0 spiro atoms. The van der Waals surface area contributed by atoms with Crippen molar-refractivity contribution < 1.29 is 19.0 Å². The summed E-state index contributed by atoms with van der Waals surface area (Å²) in [6.07, 6.45) is 5.22. The average molecular weight is 489 g/mol. The van der Waals surface area contributed by atoms with Crippen molar-refractivity contribution in [2.24, 2.45) is 0 Å². The predicted octanol–water partition coefficient (Wildman–Crippen LogP) is 6.35. The maximum Gasteiger partial charge on any atom is 0.260 e. The van der Waals surface area contributed by atoms with Crippen LogP contribution < -0.4 is 14.4 Å². The standard InChI is InChI=1S/C25H29ClN2O4S/c1-3-4-5-14-31-18-10-8-17(9-11-18)24(29)28(16-19-7-6-15-32-19)25-27-22-21(30-2)13-12-20(26)23(22)33-25/h8-13,19H,3-7,14-16H2,1-2H3. The first kappa shape index (κ1) is 23.8. The number of hydrogen-bond donors (Lipinski definition) is 0. The Balaban J connectivity index is 1.60. The van der Waals surface area contributed by atoms with Gasteiger partial charge in [-0.2, -0.15) is 0 Å². The summed E-state index contributed by atoms with van der Waals surface area (Å²) in [4.78, 5) is 20.0. The van der Waals surface area contributed by atoms with E-state index in [9.17, 15) is 4.79 Å². The second kappa shape index (κ2) is 11.2. The van der Waals surface area contributed by atoms with Crippen LogP contribution in [0.15, 0.2) is 36.4 Å². The quantitative estimate of drug-likeness (QED) is 0.311. The maximum absolute atomic E-state index is 13.6. The molecule has 4 rings (SSSR count). The van der Waals surface area contributed by atoms with Crippen LogP contribution in [0, 0.1) is 0 Å². The lowest BCUT2D eigenvalue weighted by Crippen LogP contribution is -2.37. The van der Waals surface area contributed by atoms with Crippen molar-refractivity contribution in [1.82, 2.24) is 4.98 Å². The molecular formula is C25H29ClN2O4S. The molecule has 176 valence electrons. The van der Waals surface area contributed by atoms with Crippen molar-refractivity contribution in [1.29, 1.82) is 0 Å². The van der Waals surface area contributed by atoms with Gasteiger partial charge in [-0.25, -0.2) is 4.98 Å². The van der Waals surface area contributed by atoms with Gasteiger partial charge in [0.05, 0.1) is 36.1 Å². The highest BCUT2D eigenvalue weighted by Crippen LogP contribution is 2.39. The van der Waals surface area contributed by atoms with Crippen LogP contribution in [0.3, 0.4) is 0 Å². The summed E-state index contributed by atoms with van der Waals surface area (Å²) in [5.41, 5.74) is 1.23. The number of amides is 1. The first-order chi connectivity index (χ1) is 16.1. The number of rotatable bonds is 10. The molecule has 1 saturated heterocycles. The van der Waals surface area contributed by atoms with E-state index < -0.39 is 0 Å². The molecule has 1 aliphatic rings. The molecule has 2 heterocycles. The maximum atomic E-state index is 13.6. The lowest BCUT2D eigenvalue weighted by Gasteiger charge is -2.23. The molecule has 1 fully saturated rings. The first-order valence-corrected chi connectivity index (χ1v) is 12.6. The molecule has 8 heteroatoms. The lowest BCUT2D eigenvalue weighted by molar-refractivity contribution is 0.0917. The molecule has 1 unspecified atom stereocenters. The van der Waals surface area contributed by atoms with Crippen LogP contribution in [0.4, 0.5) is 5.13 Å². The highest BCUT2D eigenvalue weighted by molar-refractivity contribution is 7.23. The van der Waals surface area contributed by atoms with Crippen molar-refractivity contribution in [2.45, 2.75) is 45.1 Å². The molecule has 1 amide bonds. The number of benzene rings is 2. The number of ether oxygens (including phenoxy) is 3. The van der Waals surface area contributed by atoms with E-state index in [0.29, 0.717) is 40.1 Å². The Hall–Kier alpha value is -2.35. The van der Waals surface area contributed by atoms with Gasteiger partial charge in [0.2, 0.25) is 0 Å². The summed E-state index contributed by atoms with van der Waals surface area (Å²) in [6.45, 7) is 4.00. The Kier molecular flexibility index (Phi) is 8.06. The Morgan fingerprint density at radius 1 is 1.24 bits per heavy atom. The monoisotopic (exact) mass is 488 g/mol. The van der Waals surface area contributed by atoms with E-state index in [4.69, 9.17) is 30.8 Å². The molecule has 6 nitrogen and oxygen atoms in total. The fourth-order valence-electron chi connectivity index (χ4n) is 3.85. The normalized spacial score (nSPS) is 15.7. The second-order valence-electron chi connectivity index (χ2n) is 8.05. The van der Waals surface area contributed by atoms with Gasteiger partial charge in [0.15, 0.2) is 5.13 Å². The fourth-order valence-corrected chi connectivity index (χ4v) is 5.12. The molecule has 0 bridgehead atoms. The fraction of sp³-hybridized carbons (Fsp3) is 0.440. The van der Waals surface area contributed by atoms with E-state index in [0.717, 1.165) is 49.2 Å². The summed E-state index contributed by atoms with van der Waals surface area (Å²) < 4.78 is 17.9. The molecular weight excluding hydrogens is 460 g/mol. The number of carbonyl (C=O) groups is 1. The van der Waals surface area contributed by atoms with Crippen LogP contribution in [-0.4, -0.2) is 43.9 Å². The topological polar surface area (TPSA) is 60.9 Å². The van der Waals surface area contributed by atoms with E-state index >= 15 is 0 Å². The van der Waals surface area contributed by atoms with Crippen molar-refractivity contribution >= 4 is 44.2 Å². The smallest absolute Gasteiger partial charge is 0.260 e. The highest BCUT2D eigenvalue weighted by Gasteiger charge is 2.28. The summed E-state index contributed by atoms with van der Waals surface area (Å²) in [5, 5.41) is 1.17. The molecule has 1 atom stereocenters. The molecule has 1 aliphatic heterocycles. The molecule has 0 saturated carbocycles. The second-order valence-corrected chi connectivity index (χ2v) is 9.44. The van der Waals surface area contributed by atoms with Crippen LogP contribution in [-0.2, 0) is 4.74 Å². The molecule has 2 aromatic carbocycles. The molecule has 33 heavy (non-hydrogen) atoms. The van der Waals surface area contributed by atoms with Crippen molar-refractivity contribution in [2.75, 3.05) is 31.8 Å². The molecule has 3 aromatic rings. The van der Waals surface area contributed by atoms with Crippen LogP contribution in [0.2, 0.25) is 5.02 Å². The Bertz CT molecular complexity index is 1080. The van der Waals surface area contributed by atoms with Crippen LogP contribution in [0.1, 0.15) is 49.4 Å². The van der Waals surface area contributed by atoms with Gasteiger partial charge in [0, 0.05) is 12.2 Å². The molecule has 0 N–H and O–H groups in total. The minimum atomic E-state index is -0.128. The van der Waals surface area contributed by atoms with Crippen LogP contribution >= 0.6 is 22.9 Å². The van der Waals surface area contributed by atoms with Gasteiger partial charge in [-0.1, -0.05) is 42.7 Å². The third-order valence-corrected chi connectivity index (χ3v) is 7.21. The minimum Gasteiger partial charge on any atom is -0.494 e. The number of anilines is 1. The number of aromatic nitrogens is 1. The van der Waals surface area contributed by atoms with Gasteiger partial charge in [0.25, 0.3) is 5.91 Å². The van der Waals surface area contributed by atoms with E-state index in [1.165, 1.54) is 11.3 Å². The largest absolute Gasteiger partial charge is 0.494 e. The van der Waals surface area contributed by atoms with Gasteiger partial charge in [-0.05, 0) is 55.7 Å². The van der Waals surface area contributed by atoms with E-state index in [2.05, 4.69) is 6.92 Å². The SMILES string of the molecule is CCCCCOc1ccc(C(=O)N(CC2CCCO2)c2nc3c(OC)ccc(Cl)c3s2)cc1. The number of thiazole rings is 1. The average Bonchev–Trinajstić information content (AvgIpc) is 3.51. The van der Waals surface area contributed by atoms with Gasteiger partial charge < -0.3 is 14.2 Å². The summed E-state index contributed by atoms with van der Waals surface area (Å²) in [5.74, 6) is 1.27. The Morgan fingerprint density at radius 3 is 2.76 bits per heavy atom. The summed E-state index contributed by atoms with van der Waals surface area (Å²) in [7, 11) is 1.60. The lowest BCUT2D eigenvalue weighted by atomic mass is 10.1. The van der Waals surface area contributed by atoms with E-state index in [1.807, 2.05) is 12.1 Å². The third kappa shape index (κ3) is 5.60. The number of unbranched alkanes of at least 4 members (excludes halogenated alkanes) is 2. The highest BCUT2D eigenvalue weighted by atomic mass is 35.5. The molecule has 0 radical (unpaired) electrons. The number of nitrogens with zero attached hydrogens (tertiary/aromatic N) is 2. The van der Waals surface area contributed by atoms with Crippen molar-refractivity contribution in [3.05, 3.63) is 47.0 Å². The zero-order valence-corrected chi connectivity index (χ0v) is 20.6. The van der Waals surface area contributed by atoms with Crippen molar-refractivity contribution in [3.63, 3.8) is 0 Å². The Morgan fingerprint density at radius 2 is 2.06 bits per heavy atom. The summed E-state index contributed by atoms with van der Waals surface area (Å²) >= 11 is 7.81. The van der Waals surface area contributed by atoms with E-state index in [-0.39, 0.29) is 12.0 Å². The number of hydrogen-bond acceptors (Lipinski definition) is 6. The molecule has 1 aromatic heterocycles. The minimum absolute atomic E-state index is 0.0144. The zero-order valence-electron chi connectivity index (χ0n) is 19.0. The van der Waals surface area contributed by atoms with Crippen molar-refractivity contribution in [3.8, 4) is 11.5 Å². The van der Waals surface area contributed by atoms with Crippen LogP contribution in [0.5, 0.6) is 11.5 Å². The predicted molar refractivity (Wildman–Crippen MR) is 133 cm³/mol. The Labute approximate surface area is 203 Å². The third-order valence-electron chi connectivity index (χ3n) is 5.67. The molecule has 0 aliphatic carbocycles. The first-order valence-electron chi connectivity index (χ1n) is 11.4. The van der Waals surface area contributed by atoms with Gasteiger partial charge in [-0.15, -0.1) is 0 Å². The van der Waals surface area contributed by atoms with Gasteiger partial charge >= 0.3 is 0 Å². The number of halogens is 1. The number of carbonyl (C=O) groups excluding carboxylic acids is 1. The number of methoxy groups -OCH3 is 1. The zero-order chi connectivity index (χ0) is 23.2. The number of fused-ring (bicyclic) bond motifs is 1.